The first-order chi connectivity index (χ1) is 8.88. The Morgan fingerprint density at radius 1 is 1.33 bits per heavy atom. The van der Waals surface area contributed by atoms with E-state index in [4.69, 9.17) is 0 Å². The van der Waals surface area contributed by atoms with Gasteiger partial charge in [0, 0.05) is 23.8 Å². The summed E-state index contributed by atoms with van der Waals surface area (Å²) in [5, 5.41) is 11.6. The Kier molecular flexibility index (Phi) is 2.72. The summed E-state index contributed by atoms with van der Waals surface area (Å²) in [6, 6.07) is 6.09. The van der Waals surface area contributed by atoms with Crippen molar-refractivity contribution in [2.75, 3.05) is 5.32 Å². The lowest BCUT2D eigenvalue weighted by Gasteiger charge is -2.09. The molecule has 2 aromatic heterocycles. The summed E-state index contributed by atoms with van der Waals surface area (Å²) in [7, 11) is 0. The van der Waals surface area contributed by atoms with Crippen molar-refractivity contribution in [3.05, 3.63) is 42.6 Å². The fourth-order valence-corrected chi connectivity index (χ4v) is 2.09. The minimum atomic E-state index is 0.762. The highest BCUT2D eigenvalue weighted by molar-refractivity contribution is 5.90. The van der Waals surface area contributed by atoms with Crippen LogP contribution in [0.4, 0.5) is 5.69 Å². The molecule has 0 fully saturated rings. The molecule has 3 aromatic rings. The number of aromatic amines is 1. The molecule has 0 aliphatic heterocycles. The minimum Gasteiger partial charge on any atom is -0.379 e. The molecule has 2 heterocycles. The maximum atomic E-state index is 4.16. The molecule has 5 heteroatoms. The second kappa shape index (κ2) is 4.52. The van der Waals surface area contributed by atoms with Gasteiger partial charge >= 0.3 is 0 Å². The average molecular weight is 241 g/mol. The van der Waals surface area contributed by atoms with Crippen LogP contribution in [0.25, 0.3) is 10.9 Å². The zero-order valence-corrected chi connectivity index (χ0v) is 10.2. The third-order valence-corrected chi connectivity index (χ3v) is 3.08. The Bertz CT molecular complexity index is 652. The number of rotatable bonds is 4. The van der Waals surface area contributed by atoms with E-state index >= 15 is 0 Å². The Morgan fingerprint density at radius 3 is 3.17 bits per heavy atom. The molecule has 0 aliphatic rings. The number of anilines is 1. The van der Waals surface area contributed by atoms with Crippen LogP contribution in [-0.2, 0) is 13.1 Å². The van der Waals surface area contributed by atoms with Gasteiger partial charge in [-0.05, 0) is 19.1 Å². The number of aryl methyl sites for hydroxylation is 1. The van der Waals surface area contributed by atoms with E-state index in [9.17, 15) is 0 Å². The molecule has 92 valence electrons. The van der Waals surface area contributed by atoms with Crippen molar-refractivity contribution in [3.8, 4) is 0 Å². The smallest absolute Gasteiger partial charge is 0.0948 e. The van der Waals surface area contributed by atoms with E-state index in [0.29, 0.717) is 0 Å². The van der Waals surface area contributed by atoms with Gasteiger partial charge in [0.2, 0.25) is 0 Å². The molecule has 0 spiro atoms. The van der Waals surface area contributed by atoms with Crippen molar-refractivity contribution < 1.29 is 0 Å². The number of hydrogen-bond acceptors (Lipinski definition) is 3. The SMILES string of the molecule is CCn1cncc1CNc1cccc2[nH]ncc12. The summed E-state index contributed by atoms with van der Waals surface area (Å²) in [5.74, 6) is 0. The van der Waals surface area contributed by atoms with E-state index in [0.717, 1.165) is 29.7 Å². The number of imidazole rings is 1. The summed E-state index contributed by atoms with van der Waals surface area (Å²) in [4.78, 5) is 4.16. The summed E-state index contributed by atoms with van der Waals surface area (Å²) in [6.45, 7) is 3.81. The van der Waals surface area contributed by atoms with Gasteiger partial charge in [-0.1, -0.05) is 6.07 Å². The molecule has 5 nitrogen and oxygen atoms in total. The first-order valence-corrected chi connectivity index (χ1v) is 6.03. The van der Waals surface area contributed by atoms with Crippen molar-refractivity contribution in [3.63, 3.8) is 0 Å². The van der Waals surface area contributed by atoms with Crippen LogP contribution in [0.5, 0.6) is 0 Å². The Labute approximate surface area is 105 Å². The van der Waals surface area contributed by atoms with E-state index in [-0.39, 0.29) is 0 Å². The number of hydrogen-bond donors (Lipinski definition) is 2. The number of nitrogens with zero attached hydrogens (tertiary/aromatic N) is 3. The van der Waals surface area contributed by atoms with Gasteiger partial charge in [0.05, 0.1) is 30.3 Å². The predicted octanol–water partition coefficient (Wildman–Crippen LogP) is 2.39. The van der Waals surface area contributed by atoms with Crippen LogP contribution in [0.15, 0.2) is 36.9 Å². The first-order valence-electron chi connectivity index (χ1n) is 6.03. The van der Waals surface area contributed by atoms with E-state index in [1.807, 2.05) is 30.9 Å². The van der Waals surface area contributed by atoms with Gasteiger partial charge < -0.3 is 9.88 Å². The second-order valence-corrected chi connectivity index (χ2v) is 4.16. The molecule has 0 saturated carbocycles. The highest BCUT2D eigenvalue weighted by atomic mass is 15.1. The number of fused-ring (bicyclic) bond motifs is 1. The summed E-state index contributed by atoms with van der Waals surface area (Å²) in [6.07, 6.45) is 5.59. The van der Waals surface area contributed by atoms with E-state index in [1.165, 1.54) is 5.69 Å². The van der Waals surface area contributed by atoms with Crippen molar-refractivity contribution >= 4 is 16.6 Å². The molecule has 0 bridgehead atoms. The molecule has 0 amide bonds. The Hall–Kier alpha value is -2.30. The van der Waals surface area contributed by atoms with Gasteiger partial charge in [0.15, 0.2) is 0 Å². The zero-order chi connectivity index (χ0) is 12.4. The molecule has 0 saturated heterocycles. The fourth-order valence-electron chi connectivity index (χ4n) is 2.09. The van der Waals surface area contributed by atoms with Crippen LogP contribution in [0.1, 0.15) is 12.6 Å². The van der Waals surface area contributed by atoms with Gasteiger partial charge in [-0.15, -0.1) is 0 Å². The molecule has 18 heavy (non-hydrogen) atoms. The predicted molar refractivity (Wildman–Crippen MR) is 71.3 cm³/mol. The molecule has 2 N–H and O–H groups in total. The number of H-pyrrole nitrogens is 1. The van der Waals surface area contributed by atoms with Gasteiger partial charge in [-0.25, -0.2) is 4.98 Å². The lowest BCUT2D eigenvalue weighted by molar-refractivity contribution is 0.720. The van der Waals surface area contributed by atoms with Gasteiger partial charge in [-0.3, -0.25) is 5.10 Å². The van der Waals surface area contributed by atoms with Crippen LogP contribution < -0.4 is 5.32 Å². The van der Waals surface area contributed by atoms with Crippen LogP contribution in [0.3, 0.4) is 0 Å². The molecule has 1 aromatic carbocycles. The standard InChI is InChI=1S/C13H15N5/c1-2-18-9-14-6-10(18)7-15-12-4-3-5-13-11(12)8-16-17-13/h3-6,8-9,15H,2,7H2,1H3,(H,16,17). The third-order valence-electron chi connectivity index (χ3n) is 3.08. The lowest BCUT2D eigenvalue weighted by atomic mass is 10.2. The maximum Gasteiger partial charge on any atom is 0.0948 e. The second-order valence-electron chi connectivity index (χ2n) is 4.16. The van der Waals surface area contributed by atoms with Crippen LogP contribution in [0, 0.1) is 0 Å². The first kappa shape index (κ1) is 10.8. The normalized spacial score (nSPS) is 10.9. The number of aromatic nitrogens is 4. The molecule has 0 aliphatic carbocycles. The fraction of sp³-hybridized carbons (Fsp3) is 0.231. The highest BCUT2D eigenvalue weighted by Gasteiger charge is 2.04. The van der Waals surface area contributed by atoms with Crippen LogP contribution in [-0.4, -0.2) is 19.7 Å². The highest BCUT2D eigenvalue weighted by Crippen LogP contribution is 2.21. The van der Waals surface area contributed by atoms with Crippen molar-refractivity contribution in [1.29, 1.82) is 0 Å². The Balaban J connectivity index is 1.83. The molecule has 0 radical (unpaired) electrons. The quantitative estimate of drug-likeness (QED) is 0.737. The number of benzene rings is 1. The minimum absolute atomic E-state index is 0.762. The third kappa shape index (κ3) is 1.84. The van der Waals surface area contributed by atoms with E-state index in [1.54, 1.807) is 0 Å². The monoisotopic (exact) mass is 241 g/mol. The molecule has 0 unspecified atom stereocenters. The molecule has 3 rings (SSSR count). The van der Waals surface area contributed by atoms with Gasteiger partial charge in [0.25, 0.3) is 0 Å². The van der Waals surface area contributed by atoms with E-state index in [2.05, 4.69) is 38.1 Å². The summed E-state index contributed by atoms with van der Waals surface area (Å²) >= 11 is 0. The van der Waals surface area contributed by atoms with Crippen molar-refractivity contribution in [1.82, 2.24) is 19.7 Å². The van der Waals surface area contributed by atoms with Crippen LogP contribution in [0.2, 0.25) is 0 Å². The van der Waals surface area contributed by atoms with Gasteiger partial charge in [-0.2, -0.15) is 5.10 Å². The molecular weight excluding hydrogens is 226 g/mol. The summed E-state index contributed by atoms with van der Waals surface area (Å²) < 4.78 is 2.13. The van der Waals surface area contributed by atoms with Gasteiger partial charge in [0.1, 0.15) is 0 Å². The zero-order valence-electron chi connectivity index (χ0n) is 10.2. The topological polar surface area (TPSA) is 58.5 Å². The molecule has 0 atom stereocenters. The summed E-state index contributed by atoms with van der Waals surface area (Å²) in [5.41, 5.74) is 3.31. The average Bonchev–Trinajstić information content (AvgIpc) is 3.04. The van der Waals surface area contributed by atoms with E-state index < -0.39 is 0 Å². The van der Waals surface area contributed by atoms with Crippen LogP contribution >= 0.6 is 0 Å². The van der Waals surface area contributed by atoms with Crippen molar-refractivity contribution in [2.24, 2.45) is 0 Å². The molecular formula is C13H15N5. The largest absolute Gasteiger partial charge is 0.379 e. The maximum absolute atomic E-state index is 4.16. The van der Waals surface area contributed by atoms with Crippen molar-refractivity contribution in [2.45, 2.75) is 20.0 Å². The number of nitrogens with one attached hydrogen (secondary N) is 2. The Morgan fingerprint density at radius 2 is 2.28 bits per heavy atom. The lowest BCUT2D eigenvalue weighted by Crippen LogP contribution is -2.06.